The van der Waals surface area contributed by atoms with Crippen LogP contribution in [0.4, 0.5) is 0 Å². The number of piperidine rings is 1. The Hall–Kier alpha value is -0.570. The van der Waals surface area contributed by atoms with Gasteiger partial charge in [-0.05, 0) is 49.5 Å². The molecular formula is C13H18ClNO. The van der Waals surface area contributed by atoms with Gasteiger partial charge >= 0.3 is 0 Å². The molecule has 0 radical (unpaired) electrons. The molecule has 1 saturated heterocycles. The minimum atomic E-state index is 0.269. The minimum absolute atomic E-state index is 0.269. The molecule has 16 heavy (non-hydrogen) atoms. The molecule has 1 heterocycles. The van der Waals surface area contributed by atoms with E-state index in [1.165, 1.54) is 18.4 Å². The fourth-order valence-corrected chi connectivity index (χ4v) is 2.49. The quantitative estimate of drug-likeness (QED) is 0.876. The molecule has 1 aromatic carbocycles. The van der Waals surface area contributed by atoms with E-state index >= 15 is 0 Å². The molecule has 1 aliphatic heterocycles. The van der Waals surface area contributed by atoms with Crippen LogP contribution in [0, 0.1) is 0 Å². The van der Waals surface area contributed by atoms with Crippen molar-refractivity contribution < 1.29 is 5.11 Å². The third-order valence-electron chi connectivity index (χ3n) is 3.35. The third kappa shape index (κ3) is 2.97. The summed E-state index contributed by atoms with van der Waals surface area (Å²) in [5.41, 5.74) is 1.40. The topological polar surface area (TPSA) is 23.5 Å². The molecule has 1 aromatic rings. The number of β-amino-alcohol motifs (C(OH)–C–C–N with tert-alkyl or cyclic N) is 1. The number of benzene rings is 1. The van der Waals surface area contributed by atoms with Gasteiger partial charge in [-0.2, -0.15) is 0 Å². The molecule has 0 unspecified atom stereocenters. The van der Waals surface area contributed by atoms with Crippen LogP contribution in [-0.2, 0) is 0 Å². The second-order valence-electron chi connectivity index (χ2n) is 4.39. The Kier molecular flexibility index (Phi) is 4.22. The standard InChI is InChI=1S/C13H18ClNO/c14-13-3-1-11(2-4-13)12-5-7-15(8-6-12)9-10-16/h1-4,12,16H,5-10H2. The Bertz CT molecular complexity index is 317. The summed E-state index contributed by atoms with van der Waals surface area (Å²) in [7, 11) is 0. The Labute approximate surface area is 102 Å². The van der Waals surface area contributed by atoms with Crippen molar-refractivity contribution in [2.75, 3.05) is 26.2 Å². The third-order valence-corrected chi connectivity index (χ3v) is 3.60. The summed E-state index contributed by atoms with van der Waals surface area (Å²) < 4.78 is 0. The second-order valence-corrected chi connectivity index (χ2v) is 4.83. The number of aliphatic hydroxyl groups is 1. The highest BCUT2D eigenvalue weighted by Crippen LogP contribution is 2.28. The van der Waals surface area contributed by atoms with Crippen LogP contribution < -0.4 is 0 Å². The minimum Gasteiger partial charge on any atom is -0.395 e. The summed E-state index contributed by atoms with van der Waals surface area (Å²) in [5, 5.41) is 9.68. The van der Waals surface area contributed by atoms with Crippen molar-refractivity contribution in [2.45, 2.75) is 18.8 Å². The number of aliphatic hydroxyl groups excluding tert-OH is 1. The van der Waals surface area contributed by atoms with E-state index in [1.54, 1.807) is 0 Å². The molecule has 1 fully saturated rings. The van der Waals surface area contributed by atoms with Gasteiger partial charge in [0.25, 0.3) is 0 Å². The fourth-order valence-electron chi connectivity index (χ4n) is 2.37. The molecule has 1 aliphatic rings. The highest BCUT2D eigenvalue weighted by atomic mass is 35.5. The molecule has 3 heteroatoms. The summed E-state index contributed by atoms with van der Waals surface area (Å²) in [6, 6.07) is 8.21. The van der Waals surface area contributed by atoms with Gasteiger partial charge in [0.1, 0.15) is 0 Å². The summed E-state index contributed by atoms with van der Waals surface area (Å²) in [6.45, 7) is 3.26. The molecule has 2 nitrogen and oxygen atoms in total. The molecule has 0 saturated carbocycles. The first-order valence-corrected chi connectivity index (χ1v) is 6.26. The van der Waals surface area contributed by atoms with E-state index in [-0.39, 0.29) is 6.61 Å². The van der Waals surface area contributed by atoms with E-state index in [9.17, 15) is 0 Å². The number of halogens is 1. The largest absolute Gasteiger partial charge is 0.395 e. The lowest BCUT2D eigenvalue weighted by Gasteiger charge is -2.31. The Morgan fingerprint density at radius 3 is 2.38 bits per heavy atom. The Morgan fingerprint density at radius 1 is 1.19 bits per heavy atom. The van der Waals surface area contributed by atoms with E-state index in [0.29, 0.717) is 5.92 Å². The predicted octanol–water partition coefficient (Wildman–Crippen LogP) is 2.51. The maximum absolute atomic E-state index is 8.88. The first kappa shape index (κ1) is 11.9. The SMILES string of the molecule is OCCN1CCC(c2ccc(Cl)cc2)CC1. The van der Waals surface area contributed by atoms with Crippen molar-refractivity contribution in [1.82, 2.24) is 4.90 Å². The average Bonchev–Trinajstić information content (AvgIpc) is 2.32. The van der Waals surface area contributed by atoms with Crippen LogP contribution in [0.2, 0.25) is 5.02 Å². The molecule has 1 N–H and O–H groups in total. The second kappa shape index (κ2) is 5.67. The first-order chi connectivity index (χ1) is 7.79. The van der Waals surface area contributed by atoms with Gasteiger partial charge in [-0.3, -0.25) is 0 Å². The van der Waals surface area contributed by atoms with Crippen molar-refractivity contribution >= 4 is 11.6 Å². The highest BCUT2D eigenvalue weighted by Gasteiger charge is 2.19. The normalized spacial score (nSPS) is 18.9. The molecular weight excluding hydrogens is 222 g/mol. The smallest absolute Gasteiger partial charge is 0.0558 e. The number of hydrogen-bond donors (Lipinski definition) is 1. The van der Waals surface area contributed by atoms with Crippen LogP contribution in [0.15, 0.2) is 24.3 Å². The zero-order valence-corrected chi connectivity index (χ0v) is 10.2. The predicted molar refractivity (Wildman–Crippen MR) is 67.0 cm³/mol. The summed E-state index contributed by atoms with van der Waals surface area (Å²) in [5.74, 6) is 0.659. The molecule has 0 atom stereocenters. The number of nitrogens with zero attached hydrogens (tertiary/aromatic N) is 1. The fraction of sp³-hybridized carbons (Fsp3) is 0.538. The monoisotopic (exact) mass is 239 g/mol. The van der Waals surface area contributed by atoms with Gasteiger partial charge in [-0.25, -0.2) is 0 Å². The molecule has 0 bridgehead atoms. The van der Waals surface area contributed by atoms with E-state index in [4.69, 9.17) is 16.7 Å². The van der Waals surface area contributed by atoms with Gasteiger partial charge in [0, 0.05) is 11.6 Å². The van der Waals surface area contributed by atoms with Gasteiger partial charge in [-0.15, -0.1) is 0 Å². The van der Waals surface area contributed by atoms with Crippen LogP contribution in [0.3, 0.4) is 0 Å². The van der Waals surface area contributed by atoms with Crippen LogP contribution in [0.25, 0.3) is 0 Å². The van der Waals surface area contributed by atoms with Gasteiger partial charge < -0.3 is 10.0 Å². The molecule has 2 rings (SSSR count). The van der Waals surface area contributed by atoms with Crippen LogP contribution in [0.1, 0.15) is 24.3 Å². The highest BCUT2D eigenvalue weighted by molar-refractivity contribution is 6.30. The van der Waals surface area contributed by atoms with Crippen molar-refractivity contribution in [2.24, 2.45) is 0 Å². The average molecular weight is 240 g/mol. The van der Waals surface area contributed by atoms with E-state index in [0.717, 1.165) is 24.7 Å². The lowest BCUT2D eigenvalue weighted by atomic mass is 9.89. The van der Waals surface area contributed by atoms with Crippen molar-refractivity contribution in [3.05, 3.63) is 34.9 Å². The van der Waals surface area contributed by atoms with Crippen molar-refractivity contribution in [3.63, 3.8) is 0 Å². The van der Waals surface area contributed by atoms with Gasteiger partial charge in [0.15, 0.2) is 0 Å². The summed E-state index contributed by atoms with van der Waals surface area (Å²) >= 11 is 5.88. The van der Waals surface area contributed by atoms with Gasteiger partial charge in [0.05, 0.1) is 6.61 Å². The van der Waals surface area contributed by atoms with Crippen LogP contribution in [0.5, 0.6) is 0 Å². The number of rotatable bonds is 3. The van der Waals surface area contributed by atoms with Crippen molar-refractivity contribution in [3.8, 4) is 0 Å². The van der Waals surface area contributed by atoms with E-state index in [1.807, 2.05) is 12.1 Å². The Balaban J connectivity index is 1.91. The lowest BCUT2D eigenvalue weighted by molar-refractivity contribution is 0.164. The van der Waals surface area contributed by atoms with Crippen LogP contribution in [-0.4, -0.2) is 36.2 Å². The summed E-state index contributed by atoms with van der Waals surface area (Å²) in [6.07, 6.45) is 2.36. The first-order valence-electron chi connectivity index (χ1n) is 5.88. The van der Waals surface area contributed by atoms with E-state index < -0.39 is 0 Å². The van der Waals surface area contributed by atoms with Crippen molar-refractivity contribution in [1.29, 1.82) is 0 Å². The molecule has 0 spiro atoms. The van der Waals surface area contributed by atoms with Gasteiger partial charge in [-0.1, -0.05) is 23.7 Å². The Morgan fingerprint density at radius 2 is 1.81 bits per heavy atom. The maximum atomic E-state index is 8.88. The van der Waals surface area contributed by atoms with Crippen LogP contribution >= 0.6 is 11.6 Å². The maximum Gasteiger partial charge on any atom is 0.0558 e. The number of likely N-dealkylation sites (tertiary alicyclic amines) is 1. The zero-order chi connectivity index (χ0) is 11.4. The zero-order valence-electron chi connectivity index (χ0n) is 9.40. The molecule has 0 aromatic heterocycles. The van der Waals surface area contributed by atoms with E-state index in [2.05, 4.69) is 17.0 Å². The lowest BCUT2D eigenvalue weighted by Crippen LogP contribution is -2.34. The molecule has 0 aliphatic carbocycles. The number of hydrogen-bond acceptors (Lipinski definition) is 2. The summed E-state index contributed by atoms with van der Waals surface area (Å²) in [4.78, 5) is 2.33. The van der Waals surface area contributed by atoms with Gasteiger partial charge in [0.2, 0.25) is 0 Å². The molecule has 0 amide bonds. The molecule has 88 valence electrons.